The monoisotopic (exact) mass is 1100 g/mol. The van der Waals surface area contributed by atoms with Crippen molar-refractivity contribution in [1.82, 2.24) is 0 Å². The van der Waals surface area contributed by atoms with Gasteiger partial charge in [0.1, 0.15) is 13.2 Å². The Morgan fingerprint density at radius 1 is 0.266 bits per heavy atom. The van der Waals surface area contributed by atoms with E-state index in [-0.39, 0.29) is 31.1 Å². The van der Waals surface area contributed by atoms with Crippen LogP contribution in [0.25, 0.3) is 0 Å². The molecule has 0 aliphatic rings. The van der Waals surface area contributed by atoms with Crippen LogP contribution >= 0.6 is 0 Å². The fourth-order valence-corrected chi connectivity index (χ4v) is 9.56. The molecule has 0 saturated carbocycles. The summed E-state index contributed by atoms with van der Waals surface area (Å²) in [6.45, 7) is 6.43. The molecule has 0 amide bonds. The zero-order valence-corrected chi connectivity index (χ0v) is 52.1. The molecule has 0 spiro atoms. The maximum Gasteiger partial charge on any atom is 0.306 e. The highest BCUT2D eigenvalue weighted by Crippen LogP contribution is 2.17. The van der Waals surface area contributed by atoms with Crippen molar-refractivity contribution in [3.63, 3.8) is 0 Å². The molecule has 1 atom stereocenters. The van der Waals surface area contributed by atoms with Gasteiger partial charge in [-0.05, 0) is 116 Å². The molecule has 454 valence electrons. The molecule has 0 fully saturated rings. The molecule has 79 heavy (non-hydrogen) atoms. The second-order valence-electron chi connectivity index (χ2n) is 22.3. The maximum absolute atomic E-state index is 12.9. The van der Waals surface area contributed by atoms with Gasteiger partial charge >= 0.3 is 17.9 Å². The molecule has 0 radical (unpaired) electrons. The molecule has 0 aromatic carbocycles. The minimum absolute atomic E-state index is 0.0854. The van der Waals surface area contributed by atoms with Gasteiger partial charge < -0.3 is 14.2 Å². The minimum atomic E-state index is -0.792. The summed E-state index contributed by atoms with van der Waals surface area (Å²) in [5.41, 5.74) is 0. The Morgan fingerprint density at radius 2 is 0.494 bits per heavy atom. The molecule has 1 unspecified atom stereocenters. The molecule has 6 nitrogen and oxygen atoms in total. The van der Waals surface area contributed by atoms with Gasteiger partial charge in [0.25, 0.3) is 0 Å². The number of allylic oxidation sites excluding steroid dienone is 16. The van der Waals surface area contributed by atoms with Gasteiger partial charge in [-0.2, -0.15) is 0 Å². The SMILES string of the molecule is CC/C=C\C/C=C\C/C=C\C/C=C\CCCCCCCCCCC(=O)OC(COC(=O)CCCCCCC/C=C\C/C=C\C/C=C\CC)COC(=O)CCCCCCCCCCCCCCC/C=C\CCCCCCCCCC. The Morgan fingerprint density at radius 3 is 0.785 bits per heavy atom. The third-order valence-electron chi connectivity index (χ3n) is 14.6. The molecular formula is C73H126O6. The van der Waals surface area contributed by atoms with Crippen molar-refractivity contribution in [3.05, 3.63) is 97.2 Å². The Bertz CT molecular complexity index is 1540. The molecule has 0 bridgehead atoms. The van der Waals surface area contributed by atoms with E-state index in [1.807, 2.05) is 0 Å². The summed E-state index contributed by atoms with van der Waals surface area (Å²) in [6.07, 6.45) is 89.9. The summed E-state index contributed by atoms with van der Waals surface area (Å²) >= 11 is 0. The largest absolute Gasteiger partial charge is 0.462 e. The summed E-state index contributed by atoms with van der Waals surface area (Å²) in [5, 5.41) is 0. The van der Waals surface area contributed by atoms with Crippen LogP contribution in [0.3, 0.4) is 0 Å². The van der Waals surface area contributed by atoms with E-state index in [4.69, 9.17) is 14.2 Å². The van der Waals surface area contributed by atoms with E-state index >= 15 is 0 Å². The Hall–Kier alpha value is -3.67. The standard InChI is InChI=1S/C73H126O6/c1-4-7-10-13-16-19-22-25-28-30-32-34-35-36-37-39-40-42-45-48-51-54-57-60-63-66-72(75)78-69-70(68-77-71(74)65-62-59-56-53-50-47-44-27-24-21-18-15-12-9-6-3)79-73(76)67-64-61-58-55-52-49-46-43-41-38-33-31-29-26-23-20-17-14-11-8-5-2/h8-9,11-12,17-18,20-21,26-27,29-30,32-33,38,44,70H,4-7,10,13-16,19,22-25,28,31,34-37,39-43,45-69H2,1-3H3/b11-8-,12-9-,20-17-,21-18-,29-26-,32-30-,38-33-,44-27-. The van der Waals surface area contributed by atoms with Crippen LogP contribution < -0.4 is 0 Å². The predicted octanol–water partition coefficient (Wildman–Crippen LogP) is 23.2. The molecule has 0 aromatic rings. The summed E-state index contributed by atoms with van der Waals surface area (Å²) in [5.74, 6) is -0.899. The predicted molar refractivity (Wildman–Crippen MR) is 344 cm³/mol. The Balaban J connectivity index is 4.34. The smallest absolute Gasteiger partial charge is 0.306 e. The maximum atomic E-state index is 12.9. The first-order valence-electron chi connectivity index (χ1n) is 33.7. The van der Waals surface area contributed by atoms with Gasteiger partial charge in [0, 0.05) is 19.3 Å². The van der Waals surface area contributed by atoms with Crippen LogP contribution in [0.1, 0.15) is 329 Å². The first kappa shape index (κ1) is 75.3. The lowest BCUT2D eigenvalue weighted by Crippen LogP contribution is -2.30. The molecule has 0 saturated heterocycles. The number of hydrogen-bond donors (Lipinski definition) is 0. The van der Waals surface area contributed by atoms with Gasteiger partial charge in [0.05, 0.1) is 0 Å². The average Bonchev–Trinajstić information content (AvgIpc) is 3.45. The molecular weight excluding hydrogens is 973 g/mol. The van der Waals surface area contributed by atoms with Crippen molar-refractivity contribution >= 4 is 17.9 Å². The van der Waals surface area contributed by atoms with Crippen LogP contribution in [0.15, 0.2) is 97.2 Å². The van der Waals surface area contributed by atoms with Crippen LogP contribution in [0, 0.1) is 0 Å². The highest BCUT2D eigenvalue weighted by Gasteiger charge is 2.19. The summed E-state index contributed by atoms with van der Waals surface area (Å²) < 4.78 is 17.0. The van der Waals surface area contributed by atoms with E-state index in [0.717, 1.165) is 128 Å². The van der Waals surface area contributed by atoms with Crippen LogP contribution in [0.4, 0.5) is 0 Å². The van der Waals surface area contributed by atoms with Crippen molar-refractivity contribution in [2.24, 2.45) is 0 Å². The normalized spacial score (nSPS) is 12.7. The number of ether oxygens (including phenoxy) is 3. The van der Waals surface area contributed by atoms with Crippen LogP contribution in [0.2, 0.25) is 0 Å². The Kier molecular flexibility index (Phi) is 63.7. The van der Waals surface area contributed by atoms with Crippen LogP contribution in [0.5, 0.6) is 0 Å². The third kappa shape index (κ3) is 65.0. The number of carbonyl (C=O) groups is 3. The topological polar surface area (TPSA) is 78.9 Å². The van der Waals surface area contributed by atoms with Crippen molar-refractivity contribution in [2.75, 3.05) is 13.2 Å². The number of esters is 3. The summed E-state index contributed by atoms with van der Waals surface area (Å²) in [7, 11) is 0. The zero-order valence-electron chi connectivity index (χ0n) is 52.1. The van der Waals surface area contributed by atoms with Crippen molar-refractivity contribution in [2.45, 2.75) is 335 Å². The van der Waals surface area contributed by atoms with Gasteiger partial charge in [-0.25, -0.2) is 0 Å². The molecule has 0 heterocycles. The zero-order chi connectivity index (χ0) is 57.1. The molecule has 0 N–H and O–H groups in total. The number of unbranched alkanes of at least 4 members (excludes halogenated alkanes) is 34. The van der Waals surface area contributed by atoms with E-state index in [1.54, 1.807) is 0 Å². The van der Waals surface area contributed by atoms with E-state index in [1.165, 1.54) is 161 Å². The van der Waals surface area contributed by atoms with E-state index in [2.05, 4.69) is 118 Å². The van der Waals surface area contributed by atoms with Crippen molar-refractivity contribution < 1.29 is 28.6 Å². The highest BCUT2D eigenvalue weighted by atomic mass is 16.6. The number of rotatable bonds is 61. The van der Waals surface area contributed by atoms with Crippen LogP contribution in [-0.2, 0) is 28.6 Å². The van der Waals surface area contributed by atoms with Gasteiger partial charge in [0.2, 0.25) is 0 Å². The van der Waals surface area contributed by atoms with Gasteiger partial charge in [-0.3, -0.25) is 14.4 Å². The van der Waals surface area contributed by atoms with Gasteiger partial charge in [-0.1, -0.05) is 291 Å². The van der Waals surface area contributed by atoms with Crippen molar-refractivity contribution in [1.29, 1.82) is 0 Å². The first-order chi connectivity index (χ1) is 39.0. The van der Waals surface area contributed by atoms with Crippen molar-refractivity contribution in [3.8, 4) is 0 Å². The quantitative estimate of drug-likeness (QED) is 0.0261. The molecule has 6 heteroatoms. The minimum Gasteiger partial charge on any atom is -0.462 e. The Labute approximate surface area is 489 Å². The molecule has 0 rings (SSSR count). The molecule has 0 aliphatic carbocycles. The molecule has 0 aromatic heterocycles. The summed E-state index contributed by atoms with van der Waals surface area (Å²) in [4.78, 5) is 38.4. The number of hydrogen-bond acceptors (Lipinski definition) is 6. The summed E-state index contributed by atoms with van der Waals surface area (Å²) in [6, 6.07) is 0. The average molecular weight is 1100 g/mol. The molecule has 0 aliphatic heterocycles. The lowest BCUT2D eigenvalue weighted by atomic mass is 10.0. The lowest BCUT2D eigenvalue weighted by Gasteiger charge is -2.18. The van der Waals surface area contributed by atoms with E-state index < -0.39 is 6.10 Å². The van der Waals surface area contributed by atoms with E-state index in [9.17, 15) is 14.4 Å². The third-order valence-corrected chi connectivity index (χ3v) is 14.6. The first-order valence-corrected chi connectivity index (χ1v) is 33.7. The fourth-order valence-electron chi connectivity index (χ4n) is 9.56. The van der Waals surface area contributed by atoms with Gasteiger partial charge in [-0.15, -0.1) is 0 Å². The number of carbonyl (C=O) groups excluding carboxylic acids is 3. The van der Waals surface area contributed by atoms with Crippen LogP contribution in [-0.4, -0.2) is 37.2 Å². The fraction of sp³-hybridized carbons (Fsp3) is 0.740. The second-order valence-corrected chi connectivity index (χ2v) is 22.3. The lowest BCUT2D eigenvalue weighted by molar-refractivity contribution is -0.167. The highest BCUT2D eigenvalue weighted by molar-refractivity contribution is 5.71. The van der Waals surface area contributed by atoms with E-state index in [0.29, 0.717) is 19.3 Å². The second kappa shape index (κ2) is 66.8. The van der Waals surface area contributed by atoms with Gasteiger partial charge in [0.15, 0.2) is 6.10 Å².